The Balaban J connectivity index is 1.89. The molecule has 1 N–H and O–H groups in total. The Morgan fingerprint density at radius 2 is 2.27 bits per heavy atom. The second-order valence-corrected chi connectivity index (χ2v) is 6.46. The van der Waals surface area contributed by atoms with Gasteiger partial charge in [-0.05, 0) is 33.8 Å². The Labute approximate surface area is 136 Å². The maximum atomic E-state index is 12.6. The van der Waals surface area contributed by atoms with Crippen LogP contribution in [-0.2, 0) is 7.05 Å². The van der Waals surface area contributed by atoms with Crippen LogP contribution in [0.5, 0.6) is 5.88 Å². The summed E-state index contributed by atoms with van der Waals surface area (Å²) >= 11 is 3.23. The molecule has 0 aliphatic carbocycles. The molecule has 3 rings (SSSR count). The number of nitrogens with one attached hydrogen (secondary N) is 1. The van der Waals surface area contributed by atoms with Crippen molar-refractivity contribution in [1.29, 1.82) is 0 Å². The molecule has 3 aromatic heterocycles. The van der Waals surface area contributed by atoms with Gasteiger partial charge in [-0.1, -0.05) is 6.07 Å². The standard InChI is InChI=1S/C15H15N3O2S2/c1-18-8-11(15(17-18)20-2)14(19)16-13(10-5-7-21-9-10)12-4-3-6-22-12/h3-9,13H,1-2H3,(H,16,19)/t13-/m0/s1. The van der Waals surface area contributed by atoms with E-state index in [1.54, 1.807) is 40.6 Å². The summed E-state index contributed by atoms with van der Waals surface area (Å²) in [6, 6.07) is 5.86. The van der Waals surface area contributed by atoms with Crippen LogP contribution in [0.25, 0.3) is 0 Å². The van der Waals surface area contributed by atoms with Gasteiger partial charge >= 0.3 is 0 Å². The lowest BCUT2D eigenvalue weighted by Crippen LogP contribution is -2.28. The second-order valence-electron chi connectivity index (χ2n) is 4.70. The number of amides is 1. The van der Waals surface area contributed by atoms with E-state index in [0.29, 0.717) is 11.4 Å². The third kappa shape index (κ3) is 2.90. The molecule has 0 aliphatic heterocycles. The minimum atomic E-state index is -0.199. The first-order chi connectivity index (χ1) is 10.7. The van der Waals surface area contributed by atoms with Crippen LogP contribution in [0.4, 0.5) is 0 Å². The summed E-state index contributed by atoms with van der Waals surface area (Å²) in [6.07, 6.45) is 1.66. The molecule has 22 heavy (non-hydrogen) atoms. The number of carbonyl (C=O) groups is 1. The minimum absolute atomic E-state index is 0.163. The zero-order chi connectivity index (χ0) is 15.5. The van der Waals surface area contributed by atoms with Crippen LogP contribution in [0, 0.1) is 0 Å². The van der Waals surface area contributed by atoms with Gasteiger partial charge in [-0.2, -0.15) is 11.3 Å². The zero-order valence-corrected chi connectivity index (χ0v) is 13.8. The van der Waals surface area contributed by atoms with Crippen molar-refractivity contribution in [3.8, 4) is 5.88 Å². The summed E-state index contributed by atoms with van der Waals surface area (Å²) in [6.45, 7) is 0. The van der Waals surface area contributed by atoms with E-state index < -0.39 is 0 Å². The van der Waals surface area contributed by atoms with Crippen molar-refractivity contribution >= 4 is 28.6 Å². The monoisotopic (exact) mass is 333 g/mol. The highest BCUT2D eigenvalue weighted by Crippen LogP contribution is 2.28. The Morgan fingerprint density at radius 1 is 1.41 bits per heavy atom. The lowest BCUT2D eigenvalue weighted by molar-refractivity contribution is 0.0940. The van der Waals surface area contributed by atoms with Gasteiger partial charge in [-0.3, -0.25) is 9.48 Å². The molecule has 7 heteroatoms. The number of rotatable bonds is 5. The maximum absolute atomic E-state index is 12.6. The Bertz CT molecular complexity index is 714. The molecule has 114 valence electrons. The molecule has 0 spiro atoms. The Hall–Kier alpha value is -2.12. The molecule has 0 fully saturated rings. The predicted molar refractivity (Wildman–Crippen MR) is 87.7 cm³/mol. The summed E-state index contributed by atoms with van der Waals surface area (Å²) in [7, 11) is 3.27. The summed E-state index contributed by atoms with van der Waals surface area (Å²) < 4.78 is 6.73. The van der Waals surface area contributed by atoms with E-state index in [1.165, 1.54) is 7.11 Å². The number of nitrogens with zero attached hydrogens (tertiary/aromatic N) is 2. The van der Waals surface area contributed by atoms with Gasteiger partial charge in [-0.15, -0.1) is 16.4 Å². The van der Waals surface area contributed by atoms with Gasteiger partial charge in [0.15, 0.2) is 0 Å². The van der Waals surface area contributed by atoms with E-state index >= 15 is 0 Å². The van der Waals surface area contributed by atoms with E-state index in [0.717, 1.165) is 10.4 Å². The van der Waals surface area contributed by atoms with Crippen molar-refractivity contribution in [2.45, 2.75) is 6.04 Å². The third-order valence-corrected chi connectivity index (χ3v) is 4.85. The van der Waals surface area contributed by atoms with Crippen molar-refractivity contribution in [3.05, 3.63) is 56.5 Å². The fraction of sp³-hybridized carbons (Fsp3) is 0.200. The van der Waals surface area contributed by atoms with Gasteiger partial charge in [0, 0.05) is 18.1 Å². The molecule has 0 aromatic carbocycles. The van der Waals surface area contributed by atoms with Gasteiger partial charge in [0.1, 0.15) is 5.56 Å². The first-order valence-corrected chi connectivity index (χ1v) is 8.45. The van der Waals surface area contributed by atoms with E-state index in [4.69, 9.17) is 4.74 Å². The topological polar surface area (TPSA) is 56.2 Å². The largest absolute Gasteiger partial charge is 0.479 e. The molecule has 5 nitrogen and oxygen atoms in total. The lowest BCUT2D eigenvalue weighted by atomic mass is 10.1. The molecular weight excluding hydrogens is 318 g/mol. The predicted octanol–water partition coefficient (Wildman–Crippen LogP) is 3.07. The Kier molecular flexibility index (Phi) is 4.26. The molecule has 3 heterocycles. The molecule has 0 saturated carbocycles. The van der Waals surface area contributed by atoms with E-state index in [-0.39, 0.29) is 11.9 Å². The van der Waals surface area contributed by atoms with E-state index in [1.807, 2.05) is 34.3 Å². The maximum Gasteiger partial charge on any atom is 0.259 e. The molecule has 0 bridgehead atoms. The summed E-state index contributed by atoms with van der Waals surface area (Å²) in [5, 5.41) is 13.3. The van der Waals surface area contributed by atoms with Gasteiger partial charge in [0.2, 0.25) is 5.88 Å². The molecule has 0 aliphatic rings. The minimum Gasteiger partial charge on any atom is -0.479 e. The number of ether oxygens (including phenoxy) is 1. The quantitative estimate of drug-likeness (QED) is 0.781. The molecule has 0 radical (unpaired) electrons. The van der Waals surface area contributed by atoms with Crippen LogP contribution in [0.15, 0.2) is 40.5 Å². The van der Waals surface area contributed by atoms with Crippen LogP contribution in [0.3, 0.4) is 0 Å². The fourth-order valence-corrected chi connectivity index (χ4v) is 3.69. The van der Waals surface area contributed by atoms with E-state index in [9.17, 15) is 4.79 Å². The molecule has 3 aromatic rings. The molecule has 1 atom stereocenters. The number of carbonyl (C=O) groups excluding carboxylic acids is 1. The first kappa shape index (κ1) is 14.8. The zero-order valence-electron chi connectivity index (χ0n) is 12.1. The van der Waals surface area contributed by atoms with Crippen LogP contribution in [0.2, 0.25) is 0 Å². The molecule has 0 unspecified atom stereocenters. The smallest absolute Gasteiger partial charge is 0.259 e. The Morgan fingerprint density at radius 3 is 2.91 bits per heavy atom. The number of hydrogen-bond donors (Lipinski definition) is 1. The van der Waals surface area contributed by atoms with Gasteiger partial charge in [0.25, 0.3) is 5.91 Å². The number of thiophene rings is 2. The third-order valence-electron chi connectivity index (χ3n) is 3.21. The average Bonchev–Trinajstić information content (AvgIpc) is 3.25. The van der Waals surface area contributed by atoms with Crippen molar-refractivity contribution < 1.29 is 9.53 Å². The number of methoxy groups -OCH3 is 1. The molecular formula is C15H15N3O2S2. The fourth-order valence-electron chi connectivity index (χ4n) is 2.20. The summed E-state index contributed by atoms with van der Waals surface area (Å²) in [5.74, 6) is 0.129. The van der Waals surface area contributed by atoms with Crippen LogP contribution in [-0.4, -0.2) is 22.8 Å². The normalized spacial score (nSPS) is 12.1. The van der Waals surface area contributed by atoms with Gasteiger partial charge < -0.3 is 10.1 Å². The van der Waals surface area contributed by atoms with Crippen molar-refractivity contribution in [1.82, 2.24) is 15.1 Å². The second kappa shape index (κ2) is 6.33. The highest BCUT2D eigenvalue weighted by Gasteiger charge is 2.22. The summed E-state index contributed by atoms with van der Waals surface area (Å²) in [4.78, 5) is 13.7. The van der Waals surface area contributed by atoms with Crippen LogP contribution < -0.4 is 10.1 Å². The number of aryl methyl sites for hydroxylation is 1. The first-order valence-electron chi connectivity index (χ1n) is 6.63. The van der Waals surface area contributed by atoms with Crippen LogP contribution in [0.1, 0.15) is 26.8 Å². The highest BCUT2D eigenvalue weighted by molar-refractivity contribution is 7.10. The van der Waals surface area contributed by atoms with Gasteiger partial charge in [0.05, 0.1) is 13.2 Å². The van der Waals surface area contributed by atoms with E-state index in [2.05, 4.69) is 10.4 Å². The highest BCUT2D eigenvalue weighted by atomic mass is 32.1. The van der Waals surface area contributed by atoms with Crippen LogP contribution >= 0.6 is 22.7 Å². The lowest BCUT2D eigenvalue weighted by Gasteiger charge is -2.16. The average molecular weight is 333 g/mol. The molecule has 1 amide bonds. The van der Waals surface area contributed by atoms with Gasteiger partial charge in [-0.25, -0.2) is 0 Å². The summed E-state index contributed by atoms with van der Waals surface area (Å²) in [5.41, 5.74) is 1.51. The molecule has 0 saturated heterocycles. The van der Waals surface area contributed by atoms with Crippen molar-refractivity contribution in [3.63, 3.8) is 0 Å². The number of hydrogen-bond acceptors (Lipinski definition) is 5. The van der Waals surface area contributed by atoms with Crippen molar-refractivity contribution in [2.75, 3.05) is 7.11 Å². The van der Waals surface area contributed by atoms with Crippen molar-refractivity contribution in [2.24, 2.45) is 7.05 Å². The number of aromatic nitrogens is 2. The SMILES string of the molecule is COc1nn(C)cc1C(=O)N[C@@H](c1ccsc1)c1cccs1.